The van der Waals surface area contributed by atoms with Crippen molar-refractivity contribution < 1.29 is 9.47 Å². The fraction of sp³-hybridized carbons (Fsp3) is 0.292. The summed E-state index contributed by atoms with van der Waals surface area (Å²) in [6, 6.07) is 15.2. The first-order valence-corrected chi connectivity index (χ1v) is 10.7. The van der Waals surface area contributed by atoms with Crippen LogP contribution in [0.25, 0.3) is 16.9 Å². The Kier molecular flexibility index (Phi) is 5.26. The maximum absolute atomic E-state index is 13.7. The molecule has 2 aromatic heterocycles. The summed E-state index contributed by atoms with van der Waals surface area (Å²) in [6.07, 6.45) is 4.01. The standard InChI is InChI=1S/C24H25N5O3/c1-31-19-9-5-7-17(13-19)16-28-21-15-25-23(27-11-3-4-12-27)26-22(21)29(24(28)30)18-8-6-10-20(14-18)32-2/h5-10,13-15H,3-4,11-12,16H2,1-2H3. The number of anilines is 1. The Hall–Kier alpha value is -3.81. The van der Waals surface area contributed by atoms with Crippen molar-refractivity contribution in [3.63, 3.8) is 0 Å². The van der Waals surface area contributed by atoms with Crippen LogP contribution in [0.1, 0.15) is 18.4 Å². The van der Waals surface area contributed by atoms with Crippen molar-refractivity contribution in [2.75, 3.05) is 32.2 Å². The summed E-state index contributed by atoms with van der Waals surface area (Å²) in [4.78, 5) is 25.3. The molecular weight excluding hydrogens is 406 g/mol. The van der Waals surface area contributed by atoms with Crippen LogP contribution in [0.2, 0.25) is 0 Å². The number of rotatable bonds is 6. The molecule has 0 N–H and O–H groups in total. The Morgan fingerprint density at radius 1 is 0.969 bits per heavy atom. The van der Waals surface area contributed by atoms with E-state index in [1.807, 2.05) is 48.5 Å². The van der Waals surface area contributed by atoms with E-state index in [4.69, 9.17) is 14.5 Å². The van der Waals surface area contributed by atoms with Gasteiger partial charge in [0.2, 0.25) is 5.95 Å². The first kappa shape index (κ1) is 20.1. The van der Waals surface area contributed by atoms with E-state index in [2.05, 4.69) is 9.88 Å². The van der Waals surface area contributed by atoms with E-state index in [1.54, 1.807) is 29.6 Å². The van der Waals surface area contributed by atoms with Crippen molar-refractivity contribution in [1.82, 2.24) is 19.1 Å². The fourth-order valence-electron chi connectivity index (χ4n) is 4.18. The van der Waals surface area contributed by atoms with Gasteiger partial charge in [0, 0.05) is 19.2 Å². The highest BCUT2D eigenvalue weighted by Crippen LogP contribution is 2.24. The van der Waals surface area contributed by atoms with Crippen molar-refractivity contribution in [3.8, 4) is 17.2 Å². The molecule has 0 radical (unpaired) electrons. The lowest BCUT2D eigenvalue weighted by atomic mass is 10.2. The van der Waals surface area contributed by atoms with E-state index in [0.29, 0.717) is 35.1 Å². The summed E-state index contributed by atoms with van der Waals surface area (Å²) < 4.78 is 14.1. The van der Waals surface area contributed by atoms with Crippen molar-refractivity contribution in [2.24, 2.45) is 0 Å². The Bertz CT molecular complexity index is 1320. The van der Waals surface area contributed by atoms with Crippen LogP contribution >= 0.6 is 0 Å². The molecule has 4 aromatic rings. The Morgan fingerprint density at radius 3 is 2.44 bits per heavy atom. The number of imidazole rings is 1. The van der Waals surface area contributed by atoms with Gasteiger partial charge in [0.1, 0.15) is 17.0 Å². The highest BCUT2D eigenvalue weighted by molar-refractivity contribution is 5.75. The molecule has 5 rings (SSSR count). The molecule has 1 fully saturated rings. The number of hydrogen-bond donors (Lipinski definition) is 0. The van der Waals surface area contributed by atoms with Crippen LogP contribution in [-0.4, -0.2) is 46.4 Å². The van der Waals surface area contributed by atoms with Gasteiger partial charge in [0.25, 0.3) is 0 Å². The van der Waals surface area contributed by atoms with Gasteiger partial charge in [-0.15, -0.1) is 0 Å². The van der Waals surface area contributed by atoms with Gasteiger partial charge in [0.05, 0.1) is 32.6 Å². The monoisotopic (exact) mass is 431 g/mol. The molecule has 8 heteroatoms. The summed E-state index contributed by atoms with van der Waals surface area (Å²) in [5.74, 6) is 2.08. The second-order valence-electron chi connectivity index (χ2n) is 7.83. The molecule has 0 unspecified atom stereocenters. The maximum atomic E-state index is 13.7. The molecule has 0 spiro atoms. The van der Waals surface area contributed by atoms with Crippen LogP contribution in [0.5, 0.6) is 11.5 Å². The minimum absolute atomic E-state index is 0.177. The van der Waals surface area contributed by atoms with Gasteiger partial charge in [-0.1, -0.05) is 18.2 Å². The third kappa shape index (κ3) is 3.57. The van der Waals surface area contributed by atoms with Gasteiger partial charge in [-0.05, 0) is 42.7 Å². The number of benzene rings is 2. The third-order valence-corrected chi connectivity index (χ3v) is 5.84. The molecule has 3 heterocycles. The molecule has 0 atom stereocenters. The highest BCUT2D eigenvalue weighted by Gasteiger charge is 2.21. The molecule has 1 aliphatic rings. The van der Waals surface area contributed by atoms with Gasteiger partial charge in [-0.25, -0.2) is 14.3 Å². The van der Waals surface area contributed by atoms with E-state index in [0.717, 1.165) is 37.2 Å². The predicted octanol–water partition coefficient (Wildman–Crippen LogP) is 3.25. The average molecular weight is 431 g/mol. The molecule has 0 amide bonds. The average Bonchev–Trinajstić information content (AvgIpc) is 3.46. The largest absolute Gasteiger partial charge is 0.497 e. The zero-order valence-electron chi connectivity index (χ0n) is 18.2. The summed E-state index contributed by atoms with van der Waals surface area (Å²) >= 11 is 0. The van der Waals surface area contributed by atoms with Crippen LogP contribution < -0.4 is 20.1 Å². The number of methoxy groups -OCH3 is 2. The summed E-state index contributed by atoms with van der Waals surface area (Å²) in [5.41, 5.74) is 2.75. The molecule has 0 saturated carbocycles. The van der Waals surface area contributed by atoms with E-state index >= 15 is 0 Å². The molecule has 1 saturated heterocycles. The van der Waals surface area contributed by atoms with Crippen LogP contribution in [-0.2, 0) is 6.54 Å². The van der Waals surface area contributed by atoms with Crippen LogP contribution in [0.3, 0.4) is 0 Å². The second kappa shape index (κ2) is 8.37. The molecule has 0 aliphatic carbocycles. The summed E-state index contributed by atoms with van der Waals surface area (Å²) in [7, 11) is 3.25. The lowest BCUT2D eigenvalue weighted by molar-refractivity contribution is 0.414. The molecular formula is C24H25N5O3. The highest BCUT2D eigenvalue weighted by atomic mass is 16.5. The van der Waals surface area contributed by atoms with Crippen molar-refractivity contribution in [2.45, 2.75) is 19.4 Å². The van der Waals surface area contributed by atoms with Crippen LogP contribution in [0.15, 0.2) is 59.5 Å². The van der Waals surface area contributed by atoms with E-state index < -0.39 is 0 Å². The molecule has 0 bridgehead atoms. The molecule has 2 aromatic carbocycles. The van der Waals surface area contributed by atoms with Crippen molar-refractivity contribution in [3.05, 3.63) is 70.8 Å². The van der Waals surface area contributed by atoms with Gasteiger partial charge in [-0.3, -0.25) is 4.57 Å². The second-order valence-corrected chi connectivity index (χ2v) is 7.83. The first-order valence-electron chi connectivity index (χ1n) is 10.7. The van der Waals surface area contributed by atoms with E-state index in [1.165, 1.54) is 0 Å². The Morgan fingerprint density at radius 2 is 1.69 bits per heavy atom. The molecule has 8 nitrogen and oxygen atoms in total. The number of nitrogens with zero attached hydrogens (tertiary/aromatic N) is 5. The molecule has 32 heavy (non-hydrogen) atoms. The van der Waals surface area contributed by atoms with E-state index in [-0.39, 0.29) is 5.69 Å². The van der Waals surface area contributed by atoms with Crippen molar-refractivity contribution >= 4 is 17.1 Å². The van der Waals surface area contributed by atoms with Crippen LogP contribution in [0.4, 0.5) is 5.95 Å². The Labute approximate surface area is 185 Å². The van der Waals surface area contributed by atoms with Gasteiger partial charge in [0.15, 0.2) is 5.65 Å². The fourth-order valence-corrected chi connectivity index (χ4v) is 4.18. The zero-order chi connectivity index (χ0) is 22.1. The zero-order valence-corrected chi connectivity index (χ0v) is 18.2. The van der Waals surface area contributed by atoms with Crippen molar-refractivity contribution in [1.29, 1.82) is 0 Å². The minimum Gasteiger partial charge on any atom is -0.497 e. The molecule has 164 valence electrons. The number of hydrogen-bond acceptors (Lipinski definition) is 6. The van der Waals surface area contributed by atoms with E-state index in [9.17, 15) is 4.79 Å². The topological polar surface area (TPSA) is 74.4 Å². The third-order valence-electron chi connectivity index (χ3n) is 5.84. The predicted molar refractivity (Wildman–Crippen MR) is 123 cm³/mol. The number of ether oxygens (including phenoxy) is 2. The number of fused-ring (bicyclic) bond motifs is 1. The molecule has 1 aliphatic heterocycles. The Balaban J connectivity index is 1.69. The normalized spacial score (nSPS) is 13.6. The lowest BCUT2D eigenvalue weighted by Gasteiger charge is -2.14. The van der Waals surface area contributed by atoms with Gasteiger partial charge in [-0.2, -0.15) is 4.98 Å². The summed E-state index contributed by atoms with van der Waals surface area (Å²) in [5, 5.41) is 0. The van der Waals surface area contributed by atoms with Gasteiger partial charge >= 0.3 is 5.69 Å². The lowest BCUT2D eigenvalue weighted by Crippen LogP contribution is -2.24. The number of aromatic nitrogens is 4. The SMILES string of the molecule is COc1cccc(Cn2c(=O)n(-c3cccc(OC)c3)c3nc(N4CCCC4)ncc32)c1. The summed E-state index contributed by atoms with van der Waals surface area (Å²) in [6.45, 7) is 2.24. The smallest absolute Gasteiger partial charge is 0.335 e. The first-order chi connectivity index (χ1) is 15.7. The van der Waals surface area contributed by atoms with Gasteiger partial charge < -0.3 is 14.4 Å². The minimum atomic E-state index is -0.177. The quantitative estimate of drug-likeness (QED) is 0.467. The maximum Gasteiger partial charge on any atom is 0.335 e. The van der Waals surface area contributed by atoms with Crippen LogP contribution in [0, 0.1) is 0 Å².